The van der Waals surface area contributed by atoms with E-state index in [1.54, 1.807) is 11.3 Å². The van der Waals surface area contributed by atoms with Crippen molar-refractivity contribution in [1.82, 2.24) is 24.7 Å². The first-order chi connectivity index (χ1) is 17.0. The number of piperidine rings is 1. The molecule has 2 aromatic rings. The second-order valence-corrected chi connectivity index (χ2v) is 12.1. The van der Waals surface area contributed by atoms with Gasteiger partial charge in [-0.05, 0) is 64.1 Å². The van der Waals surface area contributed by atoms with Gasteiger partial charge in [0.25, 0.3) is 0 Å². The number of fused-ring (bicyclic) bond motifs is 1. The largest absolute Gasteiger partial charge is 0.353 e. The Labute approximate surface area is 214 Å². The molecule has 0 aliphatic carbocycles. The highest BCUT2D eigenvalue weighted by molar-refractivity contribution is 7.18. The van der Waals surface area contributed by atoms with Gasteiger partial charge in [-0.3, -0.25) is 14.6 Å². The van der Waals surface area contributed by atoms with Crippen LogP contribution < -0.4 is 4.90 Å². The van der Waals surface area contributed by atoms with Crippen molar-refractivity contribution in [2.24, 2.45) is 5.92 Å². The van der Waals surface area contributed by atoms with E-state index in [1.807, 2.05) is 0 Å². The Morgan fingerprint density at radius 3 is 2.26 bits per heavy atom. The van der Waals surface area contributed by atoms with Crippen LogP contribution in [-0.4, -0.2) is 89.5 Å². The number of carbonyl (C=O) groups is 1. The summed E-state index contributed by atoms with van der Waals surface area (Å²) in [7, 11) is 0. The van der Waals surface area contributed by atoms with Crippen molar-refractivity contribution in [3.05, 3.63) is 16.3 Å². The van der Waals surface area contributed by atoms with Crippen LogP contribution in [-0.2, 0) is 11.3 Å². The number of anilines is 1. The van der Waals surface area contributed by atoms with E-state index < -0.39 is 0 Å². The summed E-state index contributed by atoms with van der Waals surface area (Å²) >= 11 is 1.80. The van der Waals surface area contributed by atoms with E-state index in [4.69, 9.17) is 9.97 Å². The molecule has 0 unspecified atom stereocenters. The van der Waals surface area contributed by atoms with Crippen LogP contribution in [0.4, 0.5) is 5.82 Å². The van der Waals surface area contributed by atoms with Gasteiger partial charge in [0.05, 0.1) is 18.5 Å². The molecule has 5 rings (SSSR count). The number of hydrogen-bond donors (Lipinski definition) is 0. The van der Waals surface area contributed by atoms with E-state index in [0.29, 0.717) is 12.5 Å². The van der Waals surface area contributed by atoms with Gasteiger partial charge >= 0.3 is 0 Å². The molecule has 1 amide bonds. The van der Waals surface area contributed by atoms with Crippen molar-refractivity contribution in [1.29, 1.82) is 0 Å². The molecule has 0 saturated carbocycles. The van der Waals surface area contributed by atoms with Crippen LogP contribution in [0.1, 0.15) is 61.7 Å². The molecule has 0 N–H and O–H groups in total. The molecule has 3 saturated heterocycles. The van der Waals surface area contributed by atoms with Gasteiger partial charge in [-0.25, -0.2) is 9.97 Å². The minimum atomic E-state index is 0.312. The summed E-state index contributed by atoms with van der Waals surface area (Å²) in [4.78, 5) is 34.9. The Kier molecular flexibility index (Phi) is 7.89. The predicted octanol–water partition coefficient (Wildman–Crippen LogP) is 4.06. The van der Waals surface area contributed by atoms with E-state index >= 15 is 0 Å². The summed E-state index contributed by atoms with van der Waals surface area (Å²) in [5.41, 5.74) is 1.32. The molecular weight excluding hydrogens is 456 g/mol. The molecule has 0 spiro atoms. The van der Waals surface area contributed by atoms with Crippen LogP contribution in [0.25, 0.3) is 10.2 Å². The van der Waals surface area contributed by atoms with Gasteiger partial charge in [-0.15, -0.1) is 11.3 Å². The summed E-state index contributed by atoms with van der Waals surface area (Å²) in [6, 6.07) is 0. The number of carbonyl (C=O) groups excluding carboxylic acids is 1. The maximum Gasteiger partial charge on any atom is 0.236 e. The van der Waals surface area contributed by atoms with Gasteiger partial charge < -0.3 is 9.80 Å². The summed E-state index contributed by atoms with van der Waals surface area (Å²) in [5, 5.41) is 1.23. The first-order valence-electron chi connectivity index (χ1n) is 13.7. The minimum absolute atomic E-state index is 0.312. The average Bonchev–Trinajstić information content (AvgIpc) is 3.03. The molecule has 0 aromatic carbocycles. The molecule has 7 nitrogen and oxygen atoms in total. The molecule has 35 heavy (non-hydrogen) atoms. The number of aromatic nitrogens is 2. The van der Waals surface area contributed by atoms with Crippen molar-refractivity contribution < 1.29 is 4.79 Å². The third-order valence-electron chi connectivity index (χ3n) is 8.29. The number of piperazine rings is 1. The highest BCUT2D eigenvalue weighted by Gasteiger charge is 2.26. The molecule has 3 aliphatic rings. The van der Waals surface area contributed by atoms with E-state index in [9.17, 15) is 4.79 Å². The van der Waals surface area contributed by atoms with E-state index in [-0.39, 0.29) is 0 Å². The van der Waals surface area contributed by atoms with Gasteiger partial charge in [-0.2, -0.15) is 0 Å². The van der Waals surface area contributed by atoms with Gasteiger partial charge in [0.1, 0.15) is 16.5 Å². The lowest BCUT2D eigenvalue weighted by Gasteiger charge is -2.36. The van der Waals surface area contributed by atoms with E-state index in [2.05, 4.69) is 40.4 Å². The van der Waals surface area contributed by atoms with Crippen LogP contribution in [0.5, 0.6) is 0 Å². The van der Waals surface area contributed by atoms with Crippen molar-refractivity contribution in [3.63, 3.8) is 0 Å². The zero-order valence-electron chi connectivity index (χ0n) is 21.9. The number of aryl methyl sites for hydroxylation is 2. The molecule has 0 atom stereocenters. The van der Waals surface area contributed by atoms with Gasteiger partial charge in [0, 0.05) is 44.1 Å². The fraction of sp³-hybridized carbons (Fsp3) is 0.741. The highest BCUT2D eigenvalue weighted by atomic mass is 32.1. The lowest BCUT2D eigenvalue weighted by Crippen LogP contribution is -2.50. The standard InChI is InChI=1S/C27H42N6OS/c1-20-8-12-30(13-9-20)18-23-28-26(25-21(2)22(3)35-27(25)29-23)33-16-14-31(15-17-33)19-24(34)32-10-6-4-5-7-11-32/h20H,4-19H2,1-3H3. The molecule has 3 fully saturated rings. The second kappa shape index (κ2) is 11.1. The quantitative estimate of drug-likeness (QED) is 0.620. The molecule has 192 valence electrons. The van der Waals surface area contributed by atoms with Crippen molar-refractivity contribution >= 4 is 33.3 Å². The third-order valence-corrected chi connectivity index (χ3v) is 9.39. The maximum absolute atomic E-state index is 12.9. The number of hydrogen-bond acceptors (Lipinski definition) is 7. The van der Waals surface area contributed by atoms with Crippen molar-refractivity contribution in [2.75, 3.05) is 63.8 Å². The van der Waals surface area contributed by atoms with E-state index in [1.165, 1.54) is 41.5 Å². The Balaban J connectivity index is 1.27. The number of rotatable bonds is 5. The fourth-order valence-corrected chi connectivity index (χ4v) is 6.76. The lowest BCUT2D eigenvalue weighted by molar-refractivity contribution is -0.132. The van der Waals surface area contributed by atoms with E-state index in [0.717, 1.165) is 94.1 Å². The fourth-order valence-electron chi connectivity index (χ4n) is 5.72. The molecular formula is C27H42N6OS. The zero-order chi connectivity index (χ0) is 24.4. The van der Waals surface area contributed by atoms with Crippen LogP contribution in [0.2, 0.25) is 0 Å². The highest BCUT2D eigenvalue weighted by Crippen LogP contribution is 2.35. The van der Waals surface area contributed by atoms with Gasteiger partial charge in [0.2, 0.25) is 5.91 Å². The predicted molar refractivity (Wildman–Crippen MR) is 144 cm³/mol. The first-order valence-corrected chi connectivity index (χ1v) is 14.5. The SMILES string of the molecule is Cc1sc2nc(CN3CCC(C)CC3)nc(N3CCN(CC(=O)N4CCCCCC4)CC3)c2c1C. The van der Waals surface area contributed by atoms with Crippen LogP contribution in [0.3, 0.4) is 0 Å². The second-order valence-electron chi connectivity index (χ2n) is 10.9. The Morgan fingerprint density at radius 2 is 1.57 bits per heavy atom. The Bertz CT molecular complexity index is 1010. The number of thiophene rings is 1. The van der Waals surface area contributed by atoms with Crippen LogP contribution in [0.15, 0.2) is 0 Å². The average molecular weight is 499 g/mol. The smallest absolute Gasteiger partial charge is 0.236 e. The molecule has 0 bridgehead atoms. The Hall–Kier alpha value is -1.77. The van der Waals surface area contributed by atoms with Gasteiger partial charge in [-0.1, -0.05) is 19.8 Å². The molecule has 5 heterocycles. The molecule has 0 radical (unpaired) electrons. The maximum atomic E-state index is 12.9. The van der Waals surface area contributed by atoms with Crippen molar-refractivity contribution in [2.45, 2.75) is 65.8 Å². The monoisotopic (exact) mass is 498 g/mol. The topological polar surface area (TPSA) is 55.8 Å². The summed E-state index contributed by atoms with van der Waals surface area (Å²) < 4.78 is 0. The van der Waals surface area contributed by atoms with Crippen molar-refractivity contribution in [3.8, 4) is 0 Å². The molecule has 3 aliphatic heterocycles. The molecule has 2 aromatic heterocycles. The molecule has 8 heteroatoms. The number of amides is 1. The summed E-state index contributed by atoms with van der Waals surface area (Å²) in [6.07, 6.45) is 7.37. The number of nitrogens with zero attached hydrogens (tertiary/aromatic N) is 6. The number of likely N-dealkylation sites (tertiary alicyclic amines) is 2. The van der Waals surface area contributed by atoms with Gasteiger partial charge in [0.15, 0.2) is 0 Å². The first kappa shape index (κ1) is 24.9. The lowest BCUT2D eigenvalue weighted by atomic mass is 9.99. The summed E-state index contributed by atoms with van der Waals surface area (Å²) in [5.74, 6) is 3.21. The third kappa shape index (κ3) is 5.81. The zero-order valence-corrected chi connectivity index (χ0v) is 22.7. The Morgan fingerprint density at radius 1 is 0.886 bits per heavy atom. The normalized spacial score (nSPS) is 21.6. The minimum Gasteiger partial charge on any atom is -0.353 e. The summed E-state index contributed by atoms with van der Waals surface area (Å²) in [6.45, 7) is 16.0. The van der Waals surface area contributed by atoms with Crippen LogP contribution >= 0.6 is 11.3 Å². The van der Waals surface area contributed by atoms with Crippen LogP contribution in [0, 0.1) is 19.8 Å².